The van der Waals surface area contributed by atoms with Crippen LogP contribution in [0.2, 0.25) is 0 Å². The number of rotatable bonds is 3. The maximum atomic E-state index is 12.4. The normalized spacial score (nSPS) is 16.5. The van der Waals surface area contributed by atoms with Gasteiger partial charge >= 0.3 is 0 Å². The zero-order valence-electron chi connectivity index (χ0n) is 11.6. The SMILES string of the molecule is NC(=O)CN1C(=O)S/C(=C\c2coc3ccccc3c2=O)C1=O. The van der Waals surface area contributed by atoms with E-state index in [0.29, 0.717) is 22.7 Å². The Morgan fingerprint density at radius 3 is 2.74 bits per heavy atom. The average Bonchev–Trinajstić information content (AvgIpc) is 2.77. The molecule has 2 heterocycles. The number of nitrogens with zero attached hydrogens (tertiary/aromatic N) is 1. The number of hydrogen-bond acceptors (Lipinski definition) is 6. The van der Waals surface area contributed by atoms with Crippen molar-refractivity contribution in [2.75, 3.05) is 6.54 Å². The molecule has 2 aromatic rings. The summed E-state index contributed by atoms with van der Waals surface area (Å²) in [7, 11) is 0. The monoisotopic (exact) mass is 330 g/mol. The van der Waals surface area contributed by atoms with E-state index in [1.165, 1.54) is 12.3 Å². The van der Waals surface area contributed by atoms with E-state index in [0.717, 1.165) is 4.90 Å². The van der Waals surface area contributed by atoms with E-state index in [1.54, 1.807) is 24.3 Å². The second-order valence-corrected chi connectivity index (χ2v) is 5.74. The van der Waals surface area contributed by atoms with Crippen molar-refractivity contribution in [3.8, 4) is 0 Å². The molecule has 0 aliphatic carbocycles. The summed E-state index contributed by atoms with van der Waals surface area (Å²) in [4.78, 5) is 47.9. The standard InChI is InChI=1S/C15H10N2O5S/c16-12(18)6-17-14(20)11(23-15(17)21)5-8-7-22-10-4-2-1-3-9(10)13(8)19/h1-5,7H,6H2,(H2,16,18)/b11-5-. The topological polar surface area (TPSA) is 111 Å². The highest BCUT2D eigenvalue weighted by Gasteiger charge is 2.36. The van der Waals surface area contributed by atoms with Gasteiger partial charge < -0.3 is 10.2 Å². The van der Waals surface area contributed by atoms with E-state index < -0.39 is 23.6 Å². The number of amides is 3. The Bertz CT molecular complexity index is 931. The molecule has 1 aliphatic rings. The highest BCUT2D eigenvalue weighted by atomic mass is 32.2. The maximum Gasteiger partial charge on any atom is 0.294 e. The van der Waals surface area contributed by atoms with E-state index in [9.17, 15) is 19.2 Å². The van der Waals surface area contributed by atoms with Crippen molar-refractivity contribution in [1.82, 2.24) is 4.90 Å². The number of imide groups is 1. The molecule has 0 unspecified atom stereocenters. The average molecular weight is 330 g/mol. The van der Waals surface area contributed by atoms with Crippen molar-refractivity contribution in [2.45, 2.75) is 0 Å². The minimum Gasteiger partial charge on any atom is -0.463 e. The lowest BCUT2D eigenvalue weighted by Gasteiger charge is -2.08. The molecule has 0 atom stereocenters. The molecule has 0 saturated carbocycles. The molecule has 1 fully saturated rings. The van der Waals surface area contributed by atoms with Gasteiger partial charge in [-0.1, -0.05) is 12.1 Å². The summed E-state index contributed by atoms with van der Waals surface area (Å²) in [6.07, 6.45) is 2.51. The first-order valence-corrected chi connectivity index (χ1v) is 7.33. The summed E-state index contributed by atoms with van der Waals surface area (Å²) in [5.74, 6) is -1.45. The second kappa shape index (κ2) is 5.73. The van der Waals surface area contributed by atoms with Crippen LogP contribution in [-0.2, 0) is 9.59 Å². The summed E-state index contributed by atoms with van der Waals surface area (Å²) in [6, 6.07) is 6.70. The van der Waals surface area contributed by atoms with Gasteiger partial charge in [0.2, 0.25) is 5.91 Å². The molecule has 0 bridgehead atoms. The van der Waals surface area contributed by atoms with E-state index in [4.69, 9.17) is 10.2 Å². The molecule has 116 valence electrons. The molecule has 1 saturated heterocycles. The number of carbonyl (C=O) groups is 3. The summed E-state index contributed by atoms with van der Waals surface area (Å²) in [6.45, 7) is -0.492. The Labute approximate surface area is 133 Å². The highest BCUT2D eigenvalue weighted by molar-refractivity contribution is 8.18. The Balaban J connectivity index is 2.01. The first-order valence-electron chi connectivity index (χ1n) is 6.51. The lowest BCUT2D eigenvalue weighted by atomic mass is 10.1. The Kier molecular flexibility index (Phi) is 3.75. The maximum absolute atomic E-state index is 12.4. The predicted octanol–water partition coefficient (Wildman–Crippen LogP) is 1.31. The molecule has 1 aromatic carbocycles. The van der Waals surface area contributed by atoms with Gasteiger partial charge in [-0.2, -0.15) is 0 Å². The zero-order chi connectivity index (χ0) is 16.6. The molecule has 3 rings (SSSR count). The van der Waals surface area contributed by atoms with Crippen LogP contribution in [0.5, 0.6) is 0 Å². The van der Waals surface area contributed by atoms with Gasteiger partial charge in [0.25, 0.3) is 11.1 Å². The van der Waals surface area contributed by atoms with Crippen molar-refractivity contribution < 1.29 is 18.8 Å². The van der Waals surface area contributed by atoms with E-state index >= 15 is 0 Å². The smallest absolute Gasteiger partial charge is 0.294 e. The fourth-order valence-corrected chi connectivity index (χ4v) is 2.96. The van der Waals surface area contributed by atoms with Crippen LogP contribution in [0.4, 0.5) is 4.79 Å². The van der Waals surface area contributed by atoms with Crippen molar-refractivity contribution in [3.63, 3.8) is 0 Å². The van der Waals surface area contributed by atoms with Crippen LogP contribution >= 0.6 is 11.8 Å². The third kappa shape index (κ3) is 2.76. The van der Waals surface area contributed by atoms with E-state index in [1.807, 2.05) is 0 Å². The molecule has 2 N–H and O–H groups in total. The van der Waals surface area contributed by atoms with Gasteiger partial charge in [0.1, 0.15) is 18.4 Å². The fourth-order valence-electron chi connectivity index (χ4n) is 2.13. The number of benzene rings is 1. The van der Waals surface area contributed by atoms with E-state index in [-0.39, 0.29) is 15.9 Å². The van der Waals surface area contributed by atoms with Crippen molar-refractivity contribution >= 4 is 45.9 Å². The summed E-state index contributed by atoms with van der Waals surface area (Å²) in [5.41, 5.74) is 5.26. The number of fused-ring (bicyclic) bond motifs is 1. The molecule has 23 heavy (non-hydrogen) atoms. The highest BCUT2D eigenvalue weighted by Crippen LogP contribution is 2.31. The molecule has 0 radical (unpaired) electrons. The number of nitrogens with two attached hydrogens (primary N) is 1. The third-order valence-corrected chi connectivity index (χ3v) is 4.09. The van der Waals surface area contributed by atoms with Crippen molar-refractivity contribution in [2.24, 2.45) is 5.73 Å². The number of para-hydroxylation sites is 1. The number of primary amides is 1. The first kappa shape index (κ1) is 15.0. The summed E-state index contributed by atoms with van der Waals surface area (Å²) < 4.78 is 5.35. The molecular formula is C15H10N2O5S. The first-order chi connectivity index (χ1) is 11.0. The molecule has 7 nitrogen and oxygen atoms in total. The fraction of sp³-hybridized carbons (Fsp3) is 0.0667. The minimum atomic E-state index is -0.793. The van der Waals surface area contributed by atoms with Crippen LogP contribution in [-0.4, -0.2) is 28.5 Å². The molecule has 3 amide bonds. The van der Waals surface area contributed by atoms with Gasteiger partial charge in [0.05, 0.1) is 15.9 Å². The Morgan fingerprint density at radius 2 is 2.00 bits per heavy atom. The molecule has 1 aliphatic heterocycles. The number of carbonyl (C=O) groups excluding carboxylic acids is 3. The molecular weight excluding hydrogens is 320 g/mol. The van der Waals surface area contributed by atoms with Gasteiger partial charge in [0.15, 0.2) is 5.43 Å². The number of hydrogen-bond donors (Lipinski definition) is 1. The zero-order valence-corrected chi connectivity index (χ0v) is 12.5. The minimum absolute atomic E-state index is 0.0406. The van der Waals surface area contributed by atoms with Gasteiger partial charge in [-0.25, -0.2) is 0 Å². The largest absolute Gasteiger partial charge is 0.463 e. The lowest BCUT2D eigenvalue weighted by Crippen LogP contribution is -2.36. The third-order valence-electron chi connectivity index (χ3n) is 3.18. The van der Waals surface area contributed by atoms with Gasteiger partial charge in [0, 0.05) is 0 Å². The molecule has 1 aromatic heterocycles. The quantitative estimate of drug-likeness (QED) is 0.850. The predicted molar refractivity (Wildman–Crippen MR) is 84.4 cm³/mol. The summed E-state index contributed by atoms with van der Waals surface area (Å²) >= 11 is 0.643. The van der Waals surface area contributed by atoms with Crippen LogP contribution in [0.3, 0.4) is 0 Å². The Hall–Kier alpha value is -2.87. The second-order valence-electron chi connectivity index (χ2n) is 4.75. The van der Waals surface area contributed by atoms with Crippen LogP contribution in [0, 0.1) is 0 Å². The lowest BCUT2D eigenvalue weighted by molar-refractivity contribution is -0.127. The number of thioether (sulfide) groups is 1. The Morgan fingerprint density at radius 1 is 1.26 bits per heavy atom. The molecule has 8 heteroatoms. The van der Waals surface area contributed by atoms with Crippen LogP contribution in [0.25, 0.3) is 17.0 Å². The summed E-state index contributed by atoms with van der Waals surface area (Å²) in [5, 5.41) is -0.233. The van der Waals surface area contributed by atoms with Crippen LogP contribution in [0.1, 0.15) is 5.56 Å². The van der Waals surface area contributed by atoms with Crippen LogP contribution in [0.15, 0.2) is 44.6 Å². The molecule has 0 spiro atoms. The van der Waals surface area contributed by atoms with Crippen molar-refractivity contribution in [3.05, 3.63) is 51.2 Å². The van der Waals surface area contributed by atoms with Crippen molar-refractivity contribution in [1.29, 1.82) is 0 Å². The van der Waals surface area contributed by atoms with Gasteiger partial charge in [-0.3, -0.25) is 24.1 Å². The van der Waals surface area contributed by atoms with Gasteiger partial charge in [-0.05, 0) is 30.0 Å². The van der Waals surface area contributed by atoms with Crippen LogP contribution < -0.4 is 11.2 Å². The van der Waals surface area contributed by atoms with Gasteiger partial charge in [-0.15, -0.1) is 0 Å². The van der Waals surface area contributed by atoms with E-state index in [2.05, 4.69) is 0 Å².